The van der Waals surface area contributed by atoms with Gasteiger partial charge in [-0.05, 0) is 51.1 Å². The number of piperidine rings is 1. The molecule has 0 radical (unpaired) electrons. The molecule has 0 amide bonds. The quantitative estimate of drug-likeness (QED) is 0.813. The van der Waals surface area contributed by atoms with Crippen molar-refractivity contribution in [2.75, 3.05) is 26.2 Å². The van der Waals surface area contributed by atoms with Crippen LogP contribution in [0.15, 0.2) is 30.3 Å². The van der Waals surface area contributed by atoms with Gasteiger partial charge in [0, 0.05) is 19.5 Å². The van der Waals surface area contributed by atoms with Crippen LogP contribution in [-0.2, 0) is 11.2 Å². The van der Waals surface area contributed by atoms with Gasteiger partial charge in [-0.15, -0.1) is 0 Å². The summed E-state index contributed by atoms with van der Waals surface area (Å²) >= 11 is 0. The van der Waals surface area contributed by atoms with Crippen molar-refractivity contribution < 1.29 is 14.9 Å². The molecule has 1 spiro atoms. The second-order valence-electron chi connectivity index (χ2n) is 7.71. The average molecular weight is 333 g/mol. The average Bonchev–Trinajstić information content (AvgIpc) is 2.59. The highest BCUT2D eigenvalue weighted by Crippen LogP contribution is 2.39. The highest BCUT2D eigenvalue weighted by atomic mass is 16.5. The van der Waals surface area contributed by atoms with Crippen molar-refractivity contribution in [2.24, 2.45) is 0 Å². The van der Waals surface area contributed by atoms with Gasteiger partial charge in [-0.25, -0.2) is 0 Å². The number of hydrogen-bond donors (Lipinski definition) is 2. The summed E-state index contributed by atoms with van der Waals surface area (Å²) in [5.74, 6) is 0. The first-order chi connectivity index (χ1) is 11.5. The molecule has 0 aromatic heterocycles. The van der Waals surface area contributed by atoms with Crippen LogP contribution in [-0.4, -0.2) is 58.7 Å². The Bertz CT molecular complexity index is 509. The van der Waals surface area contributed by atoms with Gasteiger partial charge in [-0.1, -0.05) is 30.3 Å². The second kappa shape index (κ2) is 7.52. The Morgan fingerprint density at radius 2 is 1.83 bits per heavy atom. The molecule has 24 heavy (non-hydrogen) atoms. The molecule has 0 aliphatic carbocycles. The molecule has 0 saturated carbocycles. The monoisotopic (exact) mass is 333 g/mol. The molecule has 134 valence electrons. The van der Waals surface area contributed by atoms with Crippen LogP contribution in [0.3, 0.4) is 0 Å². The maximum absolute atomic E-state index is 10.5. The molecular weight excluding hydrogens is 302 g/mol. The minimum absolute atomic E-state index is 0.513. The second-order valence-corrected chi connectivity index (χ2v) is 7.71. The van der Waals surface area contributed by atoms with Crippen molar-refractivity contribution in [2.45, 2.75) is 62.8 Å². The lowest BCUT2D eigenvalue weighted by Crippen LogP contribution is -2.64. The standard InChI is InChI=1S/C20H31NO3/c1-19(23)12-16-24-20(18(19)22)10-14-21(15-11-20)13-6-5-9-17-7-3-2-4-8-17/h2-4,7-8,18,22-23H,5-6,9-16H2,1H3/t18-,19+/m0/s1. The third-order valence-electron chi connectivity index (χ3n) is 5.82. The first-order valence-corrected chi connectivity index (χ1v) is 9.33. The van der Waals surface area contributed by atoms with Gasteiger partial charge >= 0.3 is 0 Å². The Kier molecular flexibility index (Phi) is 5.60. The van der Waals surface area contributed by atoms with Crippen LogP contribution in [0.2, 0.25) is 0 Å². The third-order valence-corrected chi connectivity index (χ3v) is 5.82. The van der Waals surface area contributed by atoms with Crippen molar-refractivity contribution in [1.29, 1.82) is 0 Å². The predicted molar refractivity (Wildman–Crippen MR) is 95.0 cm³/mol. The largest absolute Gasteiger partial charge is 0.387 e. The zero-order valence-electron chi connectivity index (χ0n) is 14.8. The molecule has 2 N–H and O–H groups in total. The summed E-state index contributed by atoms with van der Waals surface area (Å²) in [5.41, 5.74) is -0.144. The fourth-order valence-corrected chi connectivity index (χ4v) is 4.13. The first-order valence-electron chi connectivity index (χ1n) is 9.33. The fraction of sp³-hybridized carbons (Fsp3) is 0.700. The van der Waals surface area contributed by atoms with E-state index in [0.717, 1.165) is 38.9 Å². The van der Waals surface area contributed by atoms with E-state index in [0.29, 0.717) is 13.0 Å². The van der Waals surface area contributed by atoms with Gasteiger partial charge in [0.1, 0.15) is 6.10 Å². The van der Waals surface area contributed by atoms with E-state index >= 15 is 0 Å². The predicted octanol–water partition coefficient (Wildman–Crippen LogP) is 2.38. The summed E-state index contributed by atoms with van der Waals surface area (Å²) < 4.78 is 5.95. The number of unbranched alkanes of at least 4 members (excludes halogenated alkanes) is 1. The van der Waals surface area contributed by atoms with Gasteiger partial charge < -0.3 is 19.8 Å². The van der Waals surface area contributed by atoms with E-state index < -0.39 is 17.3 Å². The van der Waals surface area contributed by atoms with Gasteiger partial charge in [0.25, 0.3) is 0 Å². The molecular formula is C20H31NO3. The van der Waals surface area contributed by atoms with Crippen LogP contribution in [0.1, 0.15) is 44.6 Å². The number of likely N-dealkylation sites (tertiary alicyclic amines) is 1. The lowest BCUT2D eigenvalue weighted by molar-refractivity contribution is -0.246. The maximum Gasteiger partial charge on any atom is 0.111 e. The van der Waals surface area contributed by atoms with Crippen LogP contribution in [0.4, 0.5) is 0 Å². The summed E-state index contributed by atoms with van der Waals surface area (Å²) in [5, 5.41) is 20.9. The van der Waals surface area contributed by atoms with Crippen molar-refractivity contribution in [3.8, 4) is 0 Å². The molecule has 4 nitrogen and oxygen atoms in total. The Hall–Kier alpha value is -0.940. The normalized spacial score (nSPS) is 30.5. The number of aliphatic hydroxyl groups excluding tert-OH is 1. The van der Waals surface area contributed by atoms with Crippen LogP contribution in [0.25, 0.3) is 0 Å². The molecule has 4 heteroatoms. The Morgan fingerprint density at radius 3 is 2.54 bits per heavy atom. The number of hydrogen-bond acceptors (Lipinski definition) is 4. The molecule has 2 heterocycles. The van der Waals surface area contributed by atoms with Gasteiger partial charge in [-0.3, -0.25) is 0 Å². The van der Waals surface area contributed by atoms with E-state index in [-0.39, 0.29) is 0 Å². The third kappa shape index (κ3) is 3.99. The van der Waals surface area contributed by atoms with E-state index in [1.54, 1.807) is 6.92 Å². The molecule has 2 aliphatic heterocycles. The number of aliphatic hydroxyl groups is 2. The van der Waals surface area contributed by atoms with Gasteiger partial charge in [0.05, 0.1) is 17.8 Å². The Balaban J connectivity index is 1.41. The highest BCUT2D eigenvalue weighted by Gasteiger charge is 2.52. The van der Waals surface area contributed by atoms with E-state index in [1.165, 1.54) is 18.4 Å². The zero-order chi connectivity index (χ0) is 17.0. The van der Waals surface area contributed by atoms with E-state index in [2.05, 4.69) is 35.2 Å². The number of nitrogens with zero attached hydrogens (tertiary/aromatic N) is 1. The van der Waals surface area contributed by atoms with Crippen molar-refractivity contribution in [3.05, 3.63) is 35.9 Å². The lowest BCUT2D eigenvalue weighted by Gasteiger charge is -2.51. The zero-order valence-corrected chi connectivity index (χ0v) is 14.8. The van der Waals surface area contributed by atoms with Crippen molar-refractivity contribution in [1.82, 2.24) is 4.90 Å². The van der Waals surface area contributed by atoms with Crippen molar-refractivity contribution >= 4 is 0 Å². The molecule has 2 fully saturated rings. The first kappa shape index (κ1) is 17.9. The van der Waals surface area contributed by atoms with Crippen molar-refractivity contribution in [3.63, 3.8) is 0 Å². The van der Waals surface area contributed by atoms with Gasteiger partial charge in [-0.2, -0.15) is 0 Å². The SMILES string of the molecule is C[C@@]1(O)CCOC2(CCN(CCCCc3ccccc3)CC2)[C@H]1O. The minimum Gasteiger partial charge on any atom is -0.387 e. The summed E-state index contributed by atoms with van der Waals surface area (Å²) in [4.78, 5) is 2.47. The van der Waals surface area contributed by atoms with Gasteiger partial charge in [0.2, 0.25) is 0 Å². The number of aryl methyl sites for hydroxylation is 1. The lowest BCUT2D eigenvalue weighted by atomic mass is 9.75. The topological polar surface area (TPSA) is 52.9 Å². The molecule has 0 unspecified atom stereocenters. The van der Waals surface area contributed by atoms with Crippen LogP contribution in [0, 0.1) is 0 Å². The van der Waals surface area contributed by atoms with Crippen LogP contribution < -0.4 is 0 Å². The molecule has 2 atom stereocenters. The van der Waals surface area contributed by atoms with Crippen LogP contribution >= 0.6 is 0 Å². The number of rotatable bonds is 5. The minimum atomic E-state index is -1.02. The number of ether oxygens (including phenoxy) is 1. The fourth-order valence-electron chi connectivity index (χ4n) is 4.13. The van der Waals surface area contributed by atoms with E-state index in [1.807, 2.05) is 0 Å². The molecule has 2 aliphatic rings. The van der Waals surface area contributed by atoms with Crippen LogP contribution in [0.5, 0.6) is 0 Å². The Labute approximate surface area is 145 Å². The molecule has 1 aromatic carbocycles. The highest BCUT2D eigenvalue weighted by molar-refractivity contribution is 5.14. The molecule has 3 rings (SSSR count). The smallest absolute Gasteiger partial charge is 0.111 e. The maximum atomic E-state index is 10.5. The van der Waals surface area contributed by atoms with E-state index in [9.17, 15) is 10.2 Å². The summed E-state index contributed by atoms with van der Waals surface area (Å²) in [7, 11) is 0. The van der Waals surface area contributed by atoms with E-state index in [4.69, 9.17) is 4.74 Å². The molecule has 0 bridgehead atoms. The summed E-state index contributed by atoms with van der Waals surface area (Å²) in [6, 6.07) is 10.6. The van der Waals surface area contributed by atoms with Gasteiger partial charge in [0.15, 0.2) is 0 Å². The number of benzene rings is 1. The molecule has 2 saturated heterocycles. The Morgan fingerprint density at radius 1 is 1.12 bits per heavy atom. The summed E-state index contributed by atoms with van der Waals surface area (Å²) in [6.07, 6.45) is 4.90. The molecule has 1 aromatic rings. The summed E-state index contributed by atoms with van der Waals surface area (Å²) in [6.45, 7) is 5.27.